The van der Waals surface area contributed by atoms with Gasteiger partial charge in [0.15, 0.2) is 17.5 Å². The first-order chi connectivity index (χ1) is 12.6. The molecule has 3 aromatic rings. The Morgan fingerprint density at radius 1 is 1.15 bits per heavy atom. The molecule has 1 aromatic heterocycles. The van der Waals surface area contributed by atoms with Gasteiger partial charge in [-0.25, -0.2) is 0 Å². The second-order valence-electron chi connectivity index (χ2n) is 5.62. The number of fused-ring (bicyclic) bond motifs is 1. The fourth-order valence-corrected chi connectivity index (χ4v) is 3.58. The number of guanidine groups is 1. The Bertz CT molecular complexity index is 890. The standard InChI is InChI=1S/C19H21N3O3S/c1-24-15-8-7-13(10-16(15)25-2)22-19(20)21-11-14(23)18-9-12-5-3-4-6-17(12)26-18/h3-10,14,23H,11H2,1-2H3,(H3,20,21,22). The molecule has 0 fully saturated rings. The van der Waals surface area contributed by atoms with Gasteiger partial charge in [-0.15, -0.1) is 11.3 Å². The molecule has 0 amide bonds. The van der Waals surface area contributed by atoms with Crippen molar-refractivity contribution in [2.45, 2.75) is 6.10 Å². The van der Waals surface area contributed by atoms with Gasteiger partial charge in [0, 0.05) is 21.3 Å². The first-order valence-corrected chi connectivity index (χ1v) is 8.88. The smallest absolute Gasteiger partial charge is 0.193 e. The van der Waals surface area contributed by atoms with Gasteiger partial charge in [-0.3, -0.25) is 4.99 Å². The SMILES string of the molecule is COc1ccc(NC(N)=NCC(O)c2cc3ccccc3s2)cc1OC. The van der Waals surface area contributed by atoms with Gasteiger partial charge in [-0.2, -0.15) is 0 Å². The molecule has 2 aromatic carbocycles. The van der Waals surface area contributed by atoms with Gasteiger partial charge in [0.2, 0.25) is 0 Å². The summed E-state index contributed by atoms with van der Waals surface area (Å²) in [5.74, 6) is 1.45. The number of hydrogen-bond acceptors (Lipinski definition) is 5. The monoisotopic (exact) mass is 371 g/mol. The number of aliphatic hydroxyl groups excluding tert-OH is 1. The number of aliphatic imine (C=N–C) groups is 1. The van der Waals surface area contributed by atoms with Crippen LogP contribution in [0.15, 0.2) is 53.5 Å². The molecule has 1 unspecified atom stereocenters. The lowest BCUT2D eigenvalue weighted by Gasteiger charge is -2.11. The van der Waals surface area contributed by atoms with Crippen molar-refractivity contribution in [2.75, 3.05) is 26.1 Å². The molecule has 0 bridgehead atoms. The summed E-state index contributed by atoms with van der Waals surface area (Å²) >= 11 is 1.56. The van der Waals surface area contributed by atoms with Crippen LogP contribution in [0.25, 0.3) is 10.1 Å². The predicted octanol–water partition coefficient (Wildman–Crippen LogP) is 3.38. The van der Waals surface area contributed by atoms with Gasteiger partial charge in [-0.05, 0) is 29.7 Å². The second kappa shape index (κ2) is 8.07. The van der Waals surface area contributed by atoms with Crippen LogP contribution in [0.1, 0.15) is 11.0 Å². The number of hydrogen-bond donors (Lipinski definition) is 3. The van der Waals surface area contributed by atoms with Crippen molar-refractivity contribution in [3.8, 4) is 11.5 Å². The Morgan fingerprint density at radius 3 is 2.65 bits per heavy atom. The van der Waals surface area contributed by atoms with Crippen LogP contribution in [0.5, 0.6) is 11.5 Å². The Hall–Kier alpha value is -2.77. The van der Waals surface area contributed by atoms with Crippen molar-refractivity contribution in [3.63, 3.8) is 0 Å². The van der Waals surface area contributed by atoms with E-state index < -0.39 is 6.10 Å². The molecule has 26 heavy (non-hydrogen) atoms. The number of nitrogens with two attached hydrogens (primary N) is 1. The van der Waals surface area contributed by atoms with Crippen LogP contribution in [-0.4, -0.2) is 31.8 Å². The number of ether oxygens (including phenoxy) is 2. The zero-order valence-electron chi connectivity index (χ0n) is 14.6. The van der Waals surface area contributed by atoms with Gasteiger partial charge >= 0.3 is 0 Å². The third-order valence-corrected chi connectivity index (χ3v) is 5.08. The number of aliphatic hydroxyl groups is 1. The van der Waals surface area contributed by atoms with Gasteiger partial charge in [0.25, 0.3) is 0 Å². The van der Waals surface area contributed by atoms with E-state index in [1.54, 1.807) is 37.7 Å². The molecule has 0 spiro atoms. The highest BCUT2D eigenvalue weighted by molar-refractivity contribution is 7.19. The van der Waals surface area contributed by atoms with Crippen LogP contribution in [0.2, 0.25) is 0 Å². The Kier molecular flexibility index (Phi) is 5.60. The topological polar surface area (TPSA) is 89.1 Å². The van der Waals surface area contributed by atoms with E-state index in [0.717, 1.165) is 20.7 Å². The van der Waals surface area contributed by atoms with Crippen LogP contribution in [-0.2, 0) is 0 Å². The van der Waals surface area contributed by atoms with E-state index in [-0.39, 0.29) is 12.5 Å². The third-order valence-electron chi connectivity index (χ3n) is 3.86. The summed E-state index contributed by atoms with van der Waals surface area (Å²) in [6.45, 7) is 0.180. The summed E-state index contributed by atoms with van der Waals surface area (Å²) in [4.78, 5) is 5.10. The molecule has 0 saturated carbocycles. The van der Waals surface area contributed by atoms with Crippen LogP contribution >= 0.6 is 11.3 Å². The summed E-state index contributed by atoms with van der Waals surface area (Å²) in [6.07, 6.45) is -0.696. The van der Waals surface area contributed by atoms with Gasteiger partial charge in [0.1, 0.15) is 6.10 Å². The van der Waals surface area contributed by atoms with E-state index in [4.69, 9.17) is 15.2 Å². The molecule has 1 atom stereocenters. The highest BCUT2D eigenvalue weighted by Crippen LogP contribution is 2.31. The fourth-order valence-electron chi connectivity index (χ4n) is 2.54. The van der Waals surface area contributed by atoms with Crippen molar-refractivity contribution >= 4 is 33.1 Å². The Balaban J connectivity index is 1.66. The minimum atomic E-state index is -0.696. The Labute approximate surface area is 155 Å². The molecule has 136 valence electrons. The van der Waals surface area contributed by atoms with E-state index in [9.17, 15) is 5.11 Å². The molecule has 0 saturated heterocycles. The van der Waals surface area contributed by atoms with Gasteiger partial charge in [0.05, 0.1) is 20.8 Å². The first kappa shape index (κ1) is 18.0. The minimum Gasteiger partial charge on any atom is -0.493 e. The summed E-state index contributed by atoms with van der Waals surface area (Å²) in [7, 11) is 3.15. The molecule has 7 heteroatoms. The summed E-state index contributed by atoms with van der Waals surface area (Å²) in [6, 6.07) is 15.4. The summed E-state index contributed by atoms with van der Waals surface area (Å²) in [5, 5.41) is 14.5. The first-order valence-electron chi connectivity index (χ1n) is 8.06. The normalized spacial score (nSPS) is 12.8. The van der Waals surface area contributed by atoms with Crippen molar-refractivity contribution in [3.05, 3.63) is 53.4 Å². The average molecular weight is 371 g/mol. The molecular weight excluding hydrogens is 350 g/mol. The minimum absolute atomic E-state index is 0.180. The molecule has 0 aliphatic rings. The quantitative estimate of drug-likeness (QED) is 0.457. The number of anilines is 1. The highest BCUT2D eigenvalue weighted by Gasteiger charge is 2.11. The van der Waals surface area contributed by atoms with Crippen molar-refractivity contribution < 1.29 is 14.6 Å². The molecule has 0 radical (unpaired) electrons. The number of nitrogens with one attached hydrogen (secondary N) is 1. The van der Waals surface area contributed by atoms with Crippen LogP contribution < -0.4 is 20.5 Å². The highest BCUT2D eigenvalue weighted by atomic mass is 32.1. The maximum absolute atomic E-state index is 10.4. The zero-order valence-corrected chi connectivity index (χ0v) is 15.4. The number of nitrogens with zero attached hydrogens (tertiary/aromatic N) is 1. The maximum Gasteiger partial charge on any atom is 0.193 e. The third kappa shape index (κ3) is 4.07. The lowest BCUT2D eigenvalue weighted by atomic mass is 10.2. The number of thiophene rings is 1. The average Bonchev–Trinajstić information content (AvgIpc) is 3.10. The molecule has 0 aliphatic carbocycles. The molecule has 1 heterocycles. The molecular formula is C19H21N3O3S. The molecule has 4 N–H and O–H groups in total. The van der Waals surface area contributed by atoms with Gasteiger partial charge < -0.3 is 25.6 Å². The maximum atomic E-state index is 10.4. The van der Waals surface area contributed by atoms with Crippen LogP contribution in [0, 0.1) is 0 Å². The van der Waals surface area contributed by atoms with E-state index in [2.05, 4.69) is 10.3 Å². The van der Waals surface area contributed by atoms with Crippen LogP contribution in [0.4, 0.5) is 5.69 Å². The van der Waals surface area contributed by atoms with Gasteiger partial charge in [-0.1, -0.05) is 18.2 Å². The molecule has 3 rings (SSSR count). The van der Waals surface area contributed by atoms with Crippen molar-refractivity contribution in [2.24, 2.45) is 10.7 Å². The lowest BCUT2D eigenvalue weighted by molar-refractivity contribution is 0.191. The molecule has 6 nitrogen and oxygen atoms in total. The number of rotatable bonds is 6. The lowest BCUT2D eigenvalue weighted by Crippen LogP contribution is -2.23. The van der Waals surface area contributed by atoms with E-state index in [1.165, 1.54) is 0 Å². The van der Waals surface area contributed by atoms with Crippen molar-refractivity contribution in [1.29, 1.82) is 0 Å². The summed E-state index contributed by atoms with van der Waals surface area (Å²) in [5.41, 5.74) is 6.65. The molecule has 0 aliphatic heterocycles. The fraction of sp³-hybridized carbons (Fsp3) is 0.211. The van der Waals surface area contributed by atoms with Crippen molar-refractivity contribution in [1.82, 2.24) is 0 Å². The zero-order chi connectivity index (χ0) is 18.5. The Morgan fingerprint density at radius 2 is 1.92 bits per heavy atom. The largest absolute Gasteiger partial charge is 0.493 e. The summed E-state index contributed by atoms with van der Waals surface area (Å²) < 4.78 is 11.6. The van der Waals surface area contributed by atoms with E-state index in [0.29, 0.717) is 11.5 Å². The van der Waals surface area contributed by atoms with E-state index in [1.807, 2.05) is 36.4 Å². The predicted molar refractivity (Wildman–Crippen MR) is 106 cm³/mol. The van der Waals surface area contributed by atoms with Crippen LogP contribution in [0.3, 0.4) is 0 Å². The number of benzene rings is 2. The van der Waals surface area contributed by atoms with E-state index >= 15 is 0 Å². The number of methoxy groups -OCH3 is 2. The second-order valence-corrected chi connectivity index (χ2v) is 6.74.